The van der Waals surface area contributed by atoms with Crippen LogP contribution in [0.1, 0.15) is 34.9 Å². The van der Waals surface area contributed by atoms with Crippen molar-refractivity contribution in [2.24, 2.45) is 0 Å². The fourth-order valence-corrected chi connectivity index (χ4v) is 3.35. The van der Waals surface area contributed by atoms with Crippen molar-refractivity contribution in [2.45, 2.75) is 18.8 Å². The molecule has 2 aromatic heterocycles. The van der Waals surface area contributed by atoms with Gasteiger partial charge in [-0.05, 0) is 18.9 Å². The number of carbonyl (C=O) groups excluding carboxylic acids is 1. The van der Waals surface area contributed by atoms with E-state index in [9.17, 15) is 9.59 Å². The standard InChI is InChI=1S/C17H17N5O2/c23-16-13-6-2-1-5-12(13)14(8-18-16)17(24)22-7-3-4-11(9-22)15-19-10-20-21-15/h1-2,5-6,8,10-11H,3-4,7,9H2,(H,18,23)(H,19,20,21)/t11-/m1/s1. The van der Waals surface area contributed by atoms with E-state index in [1.165, 1.54) is 12.5 Å². The number of nitrogens with one attached hydrogen (secondary N) is 2. The predicted octanol–water partition coefficient (Wildman–Crippen LogP) is 1.67. The van der Waals surface area contributed by atoms with Crippen LogP contribution in [0.15, 0.2) is 41.6 Å². The minimum absolute atomic E-state index is 0.0633. The van der Waals surface area contributed by atoms with Crippen LogP contribution in [0.2, 0.25) is 0 Å². The van der Waals surface area contributed by atoms with E-state index in [1.807, 2.05) is 17.0 Å². The summed E-state index contributed by atoms with van der Waals surface area (Å²) in [7, 11) is 0. The van der Waals surface area contributed by atoms with Gasteiger partial charge in [0.1, 0.15) is 12.2 Å². The van der Waals surface area contributed by atoms with E-state index in [0.717, 1.165) is 18.7 Å². The summed E-state index contributed by atoms with van der Waals surface area (Å²) in [5, 5.41) is 8.02. The quantitative estimate of drug-likeness (QED) is 0.750. The zero-order valence-electron chi connectivity index (χ0n) is 13.0. The molecule has 0 bridgehead atoms. The van der Waals surface area contributed by atoms with Crippen LogP contribution in [0, 0.1) is 0 Å². The van der Waals surface area contributed by atoms with Gasteiger partial charge < -0.3 is 9.88 Å². The number of amides is 1. The van der Waals surface area contributed by atoms with Gasteiger partial charge >= 0.3 is 0 Å². The molecule has 3 heterocycles. The Hall–Kier alpha value is -2.96. The number of H-pyrrole nitrogens is 2. The van der Waals surface area contributed by atoms with Gasteiger partial charge in [0.15, 0.2) is 0 Å². The van der Waals surface area contributed by atoms with Gasteiger partial charge in [0.2, 0.25) is 0 Å². The third-order valence-electron chi connectivity index (χ3n) is 4.57. The number of carbonyl (C=O) groups is 1. The lowest BCUT2D eigenvalue weighted by atomic mass is 9.96. The molecule has 1 saturated heterocycles. The highest BCUT2D eigenvalue weighted by Gasteiger charge is 2.28. The summed E-state index contributed by atoms with van der Waals surface area (Å²) in [6, 6.07) is 7.19. The van der Waals surface area contributed by atoms with Gasteiger partial charge in [0.05, 0.1) is 5.56 Å². The minimum Gasteiger partial charge on any atom is -0.338 e. The second kappa shape index (κ2) is 5.92. The van der Waals surface area contributed by atoms with Gasteiger partial charge in [-0.15, -0.1) is 0 Å². The van der Waals surface area contributed by atoms with E-state index in [1.54, 1.807) is 12.1 Å². The van der Waals surface area contributed by atoms with E-state index >= 15 is 0 Å². The molecule has 122 valence electrons. The summed E-state index contributed by atoms with van der Waals surface area (Å²) in [5.41, 5.74) is 0.351. The number of piperidine rings is 1. The summed E-state index contributed by atoms with van der Waals surface area (Å²) in [4.78, 5) is 33.7. The van der Waals surface area contributed by atoms with E-state index in [4.69, 9.17) is 0 Å². The van der Waals surface area contributed by atoms with Gasteiger partial charge in [-0.25, -0.2) is 4.98 Å². The first-order valence-corrected chi connectivity index (χ1v) is 7.99. The summed E-state index contributed by atoms with van der Waals surface area (Å²) in [6.07, 6.45) is 4.90. The van der Waals surface area contributed by atoms with Crippen molar-refractivity contribution < 1.29 is 4.79 Å². The normalized spacial score (nSPS) is 18.0. The second-order valence-electron chi connectivity index (χ2n) is 6.04. The van der Waals surface area contributed by atoms with Crippen molar-refractivity contribution in [3.63, 3.8) is 0 Å². The smallest absolute Gasteiger partial charge is 0.255 e. The summed E-state index contributed by atoms with van der Waals surface area (Å²) >= 11 is 0. The van der Waals surface area contributed by atoms with Gasteiger partial charge in [-0.3, -0.25) is 14.7 Å². The average Bonchev–Trinajstić information content (AvgIpc) is 3.17. The van der Waals surface area contributed by atoms with E-state index in [-0.39, 0.29) is 17.4 Å². The van der Waals surface area contributed by atoms with Crippen LogP contribution in [0.25, 0.3) is 10.8 Å². The predicted molar refractivity (Wildman–Crippen MR) is 88.8 cm³/mol. The third kappa shape index (κ3) is 2.47. The maximum atomic E-state index is 13.0. The van der Waals surface area contributed by atoms with Crippen molar-refractivity contribution in [3.05, 3.63) is 58.5 Å². The molecule has 1 atom stereocenters. The number of benzene rings is 1. The first-order chi connectivity index (χ1) is 11.7. The number of aromatic nitrogens is 4. The number of aromatic amines is 2. The number of hydrogen-bond acceptors (Lipinski definition) is 4. The van der Waals surface area contributed by atoms with E-state index < -0.39 is 0 Å². The molecule has 1 aliphatic heterocycles. The molecule has 3 aromatic rings. The Bertz CT molecular complexity index is 932. The molecule has 0 saturated carbocycles. The number of likely N-dealkylation sites (tertiary alicyclic amines) is 1. The van der Waals surface area contributed by atoms with Crippen LogP contribution >= 0.6 is 0 Å². The van der Waals surface area contributed by atoms with E-state index in [2.05, 4.69) is 20.2 Å². The zero-order chi connectivity index (χ0) is 16.5. The highest BCUT2D eigenvalue weighted by atomic mass is 16.2. The fourth-order valence-electron chi connectivity index (χ4n) is 3.35. The van der Waals surface area contributed by atoms with Gasteiger partial charge in [0.25, 0.3) is 11.5 Å². The zero-order valence-corrected chi connectivity index (χ0v) is 13.0. The van der Waals surface area contributed by atoms with Crippen molar-refractivity contribution in [1.29, 1.82) is 0 Å². The molecule has 1 aromatic carbocycles. The van der Waals surface area contributed by atoms with Crippen LogP contribution in [0.4, 0.5) is 0 Å². The Morgan fingerprint density at radius 2 is 2.08 bits per heavy atom. The van der Waals surface area contributed by atoms with Crippen LogP contribution in [-0.4, -0.2) is 44.1 Å². The summed E-state index contributed by atoms with van der Waals surface area (Å²) in [5.74, 6) is 0.921. The molecule has 1 aliphatic rings. The Kier molecular flexibility index (Phi) is 3.60. The van der Waals surface area contributed by atoms with Gasteiger partial charge in [-0.1, -0.05) is 18.2 Å². The highest BCUT2D eigenvalue weighted by Crippen LogP contribution is 2.26. The van der Waals surface area contributed by atoms with Crippen molar-refractivity contribution in [2.75, 3.05) is 13.1 Å². The number of rotatable bonds is 2. The molecule has 2 N–H and O–H groups in total. The average molecular weight is 323 g/mol. The van der Waals surface area contributed by atoms with Crippen LogP contribution in [0.5, 0.6) is 0 Å². The van der Waals surface area contributed by atoms with Crippen molar-refractivity contribution in [3.8, 4) is 0 Å². The molecule has 7 nitrogen and oxygen atoms in total. The molecular weight excluding hydrogens is 306 g/mol. The molecule has 0 spiro atoms. The lowest BCUT2D eigenvalue weighted by Gasteiger charge is -2.32. The SMILES string of the molecule is O=C(c1c[nH]c(=O)c2ccccc12)N1CCC[C@@H](c2ncn[nH]2)C1. The number of fused-ring (bicyclic) bond motifs is 1. The fraction of sp³-hybridized carbons (Fsp3) is 0.294. The maximum absolute atomic E-state index is 13.0. The Morgan fingerprint density at radius 3 is 2.88 bits per heavy atom. The first-order valence-electron chi connectivity index (χ1n) is 7.99. The Morgan fingerprint density at radius 1 is 1.25 bits per heavy atom. The first kappa shape index (κ1) is 14.6. The third-order valence-corrected chi connectivity index (χ3v) is 4.57. The molecule has 7 heteroatoms. The minimum atomic E-state index is -0.180. The molecule has 1 fully saturated rings. The molecule has 0 radical (unpaired) electrons. The monoisotopic (exact) mass is 323 g/mol. The number of pyridine rings is 1. The topological polar surface area (TPSA) is 94.7 Å². The van der Waals surface area contributed by atoms with Crippen LogP contribution in [0.3, 0.4) is 0 Å². The second-order valence-corrected chi connectivity index (χ2v) is 6.04. The van der Waals surface area contributed by atoms with Crippen LogP contribution < -0.4 is 5.56 Å². The number of nitrogens with zero attached hydrogens (tertiary/aromatic N) is 3. The van der Waals surface area contributed by atoms with E-state index in [0.29, 0.717) is 29.4 Å². The van der Waals surface area contributed by atoms with Crippen LogP contribution in [-0.2, 0) is 0 Å². The molecular formula is C17H17N5O2. The van der Waals surface area contributed by atoms with Gasteiger partial charge in [0, 0.05) is 36.0 Å². The lowest BCUT2D eigenvalue weighted by molar-refractivity contribution is 0.0706. The Balaban J connectivity index is 1.66. The molecule has 0 unspecified atom stereocenters. The molecule has 4 rings (SSSR count). The number of hydrogen-bond donors (Lipinski definition) is 2. The maximum Gasteiger partial charge on any atom is 0.255 e. The Labute approximate surface area is 137 Å². The summed E-state index contributed by atoms with van der Waals surface area (Å²) < 4.78 is 0. The molecule has 24 heavy (non-hydrogen) atoms. The molecule has 0 aliphatic carbocycles. The molecule has 1 amide bonds. The van der Waals surface area contributed by atoms with Crippen molar-refractivity contribution >= 4 is 16.7 Å². The summed E-state index contributed by atoms with van der Waals surface area (Å²) in [6.45, 7) is 1.30. The van der Waals surface area contributed by atoms with Gasteiger partial charge in [-0.2, -0.15) is 5.10 Å². The highest BCUT2D eigenvalue weighted by molar-refractivity contribution is 6.06. The largest absolute Gasteiger partial charge is 0.338 e. The lowest BCUT2D eigenvalue weighted by Crippen LogP contribution is -2.39. The van der Waals surface area contributed by atoms with Crippen molar-refractivity contribution in [1.82, 2.24) is 25.1 Å².